The fourth-order valence-electron chi connectivity index (χ4n) is 3.06. The molecule has 0 amide bonds. The Morgan fingerprint density at radius 2 is 1.90 bits per heavy atom. The summed E-state index contributed by atoms with van der Waals surface area (Å²) in [5, 5.41) is 7.84. The van der Waals surface area contributed by atoms with Crippen molar-refractivity contribution in [2.45, 2.75) is 64.2 Å². The number of nitrogens with one attached hydrogen (secondary N) is 1. The predicted octanol–water partition coefficient (Wildman–Crippen LogP) is 3.75. The summed E-state index contributed by atoms with van der Waals surface area (Å²) in [6.07, 6.45) is -0.359. The summed E-state index contributed by atoms with van der Waals surface area (Å²) in [7, 11) is 1.89. The van der Waals surface area contributed by atoms with E-state index in [2.05, 4.69) is 24.3 Å². The number of aryl methyl sites for hydroxylation is 1. The van der Waals surface area contributed by atoms with Gasteiger partial charge in [-0.1, -0.05) is 13.8 Å². The SMILES string of the molecule is CC(C)c1nn(C)cc1CNC1CCC(C(F)(F)F)CC1. The zero-order chi connectivity index (χ0) is 15.6. The zero-order valence-electron chi connectivity index (χ0n) is 12.9. The second-order valence-corrected chi connectivity index (χ2v) is 6.34. The van der Waals surface area contributed by atoms with E-state index < -0.39 is 12.1 Å². The Morgan fingerprint density at radius 3 is 2.43 bits per heavy atom. The molecule has 1 saturated carbocycles. The van der Waals surface area contributed by atoms with Crippen molar-refractivity contribution >= 4 is 0 Å². The molecule has 1 aliphatic carbocycles. The monoisotopic (exact) mass is 303 g/mol. The van der Waals surface area contributed by atoms with Gasteiger partial charge in [0.1, 0.15) is 0 Å². The number of aromatic nitrogens is 2. The maximum Gasteiger partial charge on any atom is 0.391 e. The maximum absolute atomic E-state index is 12.6. The lowest BCUT2D eigenvalue weighted by molar-refractivity contribution is -0.182. The van der Waals surface area contributed by atoms with Gasteiger partial charge in [-0.15, -0.1) is 0 Å². The summed E-state index contributed by atoms with van der Waals surface area (Å²) in [6.45, 7) is 4.88. The van der Waals surface area contributed by atoms with Crippen LogP contribution in [0, 0.1) is 5.92 Å². The highest BCUT2D eigenvalue weighted by molar-refractivity contribution is 5.20. The first kappa shape index (κ1) is 16.3. The number of alkyl halides is 3. The fourth-order valence-corrected chi connectivity index (χ4v) is 3.06. The van der Waals surface area contributed by atoms with Crippen LogP contribution in [0.2, 0.25) is 0 Å². The third-order valence-corrected chi connectivity index (χ3v) is 4.26. The van der Waals surface area contributed by atoms with Crippen LogP contribution in [0.25, 0.3) is 0 Å². The lowest BCUT2D eigenvalue weighted by Gasteiger charge is -2.30. The number of halogens is 3. The molecule has 0 bridgehead atoms. The summed E-state index contributed by atoms with van der Waals surface area (Å²) in [5.74, 6) is -0.760. The van der Waals surface area contributed by atoms with Crippen molar-refractivity contribution in [2.75, 3.05) is 0 Å². The molecule has 1 aromatic rings. The van der Waals surface area contributed by atoms with E-state index in [0.29, 0.717) is 25.3 Å². The Hall–Kier alpha value is -1.04. The van der Waals surface area contributed by atoms with Crippen molar-refractivity contribution in [2.24, 2.45) is 13.0 Å². The van der Waals surface area contributed by atoms with Crippen LogP contribution in [-0.2, 0) is 13.6 Å². The van der Waals surface area contributed by atoms with Gasteiger partial charge in [-0.2, -0.15) is 18.3 Å². The maximum atomic E-state index is 12.6. The minimum Gasteiger partial charge on any atom is -0.310 e. The lowest BCUT2D eigenvalue weighted by atomic mass is 9.85. The lowest BCUT2D eigenvalue weighted by Crippen LogP contribution is -2.36. The highest BCUT2D eigenvalue weighted by Gasteiger charge is 2.41. The van der Waals surface area contributed by atoms with Crippen LogP contribution in [-0.4, -0.2) is 22.0 Å². The first-order valence-corrected chi connectivity index (χ1v) is 7.60. The summed E-state index contributed by atoms with van der Waals surface area (Å²) in [4.78, 5) is 0. The van der Waals surface area contributed by atoms with Gasteiger partial charge in [0.2, 0.25) is 0 Å². The topological polar surface area (TPSA) is 29.9 Å². The van der Waals surface area contributed by atoms with E-state index in [9.17, 15) is 13.2 Å². The van der Waals surface area contributed by atoms with Crippen molar-refractivity contribution in [1.29, 1.82) is 0 Å². The zero-order valence-corrected chi connectivity index (χ0v) is 12.9. The van der Waals surface area contributed by atoms with Crippen LogP contribution in [0.15, 0.2) is 6.20 Å². The van der Waals surface area contributed by atoms with E-state index in [1.165, 1.54) is 0 Å². The van der Waals surface area contributed by atoms with Crippen molar-refractivity contribution in [3.8, 4) is 0 Å². The molecule has 0 saturated heterocycles. The van der Waals surface area contributed by atoms with Gasteiger partial charge in [0.25, 0.3) is 0 Å². The van der Waals surface area contributed by atoms with Gasteiger partial charge in [-0.25, -0.2) is 0 Å². The average Bonchev–Trinajstić information content (AvgIpc) is 2.77. The molecule has 2 rings (SSSR count). The molecule has 0 radical (unpaired) electrons. The van der Waals surface area contributed by atoms with E-state index >= 15 is 0 Å². The van der Waals surface area contributed by atoms with Crippen LogP contribution in [0.3, 0.4) is 0 Å². The number of hydrogen-bond donors (Lipinski definition) is 1. The number of nitrogens with zero attached hydrogens (tertiary/aromatic N) is 2. The van der Waals surface area contributed by atoms with E-state index in [-0.39, 0.29) is 18.9 Å². The molecule has 0 aromatic carbocycles. The van der Waals surface area contributed by atoms with Crippen molar-refractivity contribution in [3.05, 3.63) is 17.5 Å². The molecular weight excluding hydrogens is 279 g/mol. The first-order chi connectivity index (χ1) is 9.77. The largest absolute Gasteiger partial charge is 0.391 e. The van der Waals surface area contributed by atoms with Gasteiger partial charge in [0.05, 0.1) is 11.6 Å². The highest BCUT2D eigenvalue weighted by atomic mass is 19.4. The van der Waals surface area contributed by atoms with Crippen LogP contribution < -0.4 is 5.32 Å². The fraction of sp³-hybridized carbons (Fsp3) is 0.800. The molecule has 0 atom stereocenters. The van der Waals surface area contributed by atoms with Gasteiger partial charge in [0, 0.05) is 31.4 Å². The van der Waals surface area contributed by atoms with Gasteiger partial charge in [-0.05, 0) is 31.6 Å². The second kappa shape index (κ2) is 6.38. The Kier molecular flexibility index (Phi) is 4.96. The smallest absolute Gasteiger partial charge is 0.310 e. The Labute approximate surface area is 123 Å². The normalized spacial score (nSPS) is 23.8. The molecule has 1 heterocycles. The van der Waals surface area contributed by atoms with E-state index in [4.69, 9.17) is 0 Å². The van der Waals surface area contributed by atoms with Gasteiger partial charge >= 0.3 is 6.18 Å². The second-order valence-electron chi connectivity index (χ2n) is 6.34. The van der Waals surface area contributed by atoms with Crippen LogP contribution in [0.5, 0.6) is 0 Å². The van der Waals surface area contributed by atoms with Crippen LogP contribution in [0.1, 0.15) is 56.7 Å². The molecule has 120 valence electrons. The summed E-state index contributed by atoms with van der Waals surface area (Å²) in [5.41, 5.74) is 2.21. The summed E-state index contributed by atoms with van der Waals surface area (Å²) < 4.78 is 39.7. The molecule has 3 nitrogen and oxygen atoms in total. The molecule has 0 aliphatic heterocycles. The quantitative estimate of drug-likeness (QED) is 0.918. The molecule has 0 spiro atoms. The predicted molar refractivity (Wildman–Crippen MR) is 75.9 cm³/mol. The first-order valence-electron chi connectivity index (χ1n) is 7.60. The van der Waals surface area contributed by atoms with Crippen molar-refractivity contribution in [1.82, 2.24) is 15.1 Å². The number of hydrogen-bond acceptors (Lipinski definition) is 2. The molecule has 6 heteroatoms. The molecule has 1 fully saturated rings. The molecule has 1 N–H and O–H groups in total. The minimum absolute atomic E-state index is 0.184. The number of rotatable bonds is 4. The third kappa shape index (κ3) is 4.22. The van der Waals surface area contributed by atoms with Crippen molar-refractivity contribution < 1.29 is 13.2 Å². The van der Waals surface area contributed by atoms with E-state index in [0.717, 1.165) is 11.3 Å². The standard InChI is InChI=1S/C15H24F3N3/c1-10(2)14-11(9-21(3)20-14)8-19-13-6-4-12(5-7-13)15(16,17)18/h9-10,12-13,19H,4-8H2,1-3H3. The van der Waals surface area contributed by atoms with Gasteiger partial charge in [0.15, 0.2) is 0 Å². The van der Waals surface area contributed by atoms with E-state index in [1.807, 2.05) is 13.2 Å². The Morgan fingerprint density at radius 1 is 1.29 bits per heavy atom. The summed E-state index contributed by atoms with van der Waals surface area (Å²) >= 11 is 0. The summed E-state index contributed by atoms with van der Waals surface area (Å²) in [6, 6.07) is 0.184. The minimum atomic E-state index is -4.03. The molecular formula is C15H24F3N3. The van der Waals surface area contributed by atoms with Gasteiger partial charge < -0.3 is 5.32 Å². The molecule has 1 aromatic heterocycles. The van der Waals surface area contributed by atoms with Crippen molar-refractivity contribution in [3.63, 3.8) is 0 Å². The molecule has 0 unspecified atom stereocenters. The van der Waals surface area contributed by atoms with Crippen LogP contribution in [0.4, 0.5) is 13.2 Å². The molecule has 21 heavy (non-hydrogen) atoms. The van der Waals surface area contributed by atoms with Crippen LogP contribution >= 0.6 is 0 Å². The average molecular weight is 303 g/mol. The molecule has 1 aliphatic rings. The van der Waals surface area contributed by atoms with Gasteiger partial charge in [-0.3, -0.25) is 4.68 Å². The Bertz CT molecular complexity index is 457. The van der Waals surface area contributed by atoms with E-state index in [1.54, 1.807) is 4.68 Å². The third-order valence-electron chi connectivity index (χ3n) is 4.26. The highest BCUT2D eigenvalue weighted by Crippen LogP contribution is 2.37. The Balaban J connectivity index is 1.85.